The van der Waals surface area contributed by atoms with Crippen LogP contribution in [0.15, 0.2) is 46.3 Å². The first-order chi connectivity index (χ1) is 10.1. The summed E-state index contributed by atoms with van der Waals surface area (Å²) in [5, 5.41) is 11.2. The summed E-state index contributed by atoms with van der Waals surface area (Å²) in [5.74, 6) is 0.653. The van der Waals surface area contributed by atoms with E-state index in [0.717, 1.165) is 15.8 Å². The van der Waals surface area contributed by atoms with Gasteiger partial charge in [-0.2, -0.15) is 5.10 Å². The average molecular weight is 298 g/mol. The predicted octanol–water partition coefficient (Wildman–Crippen LogP) is 2.87. The number of aryl methyl sites for hydroxylation is 1. The van der Waals surface area contributed by atoms with E-state index in [-0.39, 0.29) is 10.8 Å². The number of fused-ring (bicyclic) bond motifs is 1. The summed E-state index contributed by atoms with van der Waals surface area (Å²) in [6.45, 7) is 3.81. The quantitative estimate of drug-likeness (QED) is 0.753. The Labute approximate surface area is 125 Å². The molecule has 6 heteroatoms. The van der Waals surface area contributed by atoms with Crippen molar-refractivity contribution in [2.24, 2.45) is 0 Å². The van der Waals surface area contributed by atoms with Crippen LogP contribution in [0.3, 0.4) is 0 Å². The third kappa shape index (κ3) is 2.95. The van der Waals surface area contributed by atoms with Crippen molar-refractivity contribution < 1.29 is 0 Å². The number of aromatic amines is 1. The van der Waals surface area contributed by atoms with Gasteiger partial charge in [-0.1, -0.05) is 36.0 Å². The Morgan fingerprint density at radius 2 is 2.10 bits per heavy atom. The highest BCUT2D eigenvalue weighted by atomic mass is 32.2. The number of nitrogens with zero attached hydrogens (tertiary/aromatic N) is 3. The van der Waals surface area contributed by atoms with Gasteiger partial charge in [-0.15, -0.1) is 5.10 Å². The molecule has 0 saturated carbocycles. The van der Waals surface area contributed by atoms with E-state index >= 15 is 0 Å². The number of rotatable bonds is 3. The van der Waals surface area contributed by atoms with Crippen molar-refractivity contribution >= 4 is 22.5 Å². The Hall–Kier alpha value is -2.21. The van der Waals surface area contributed by atoms with Gasteiger partial charge < -0.3 is 4.98 Å². The number of hydrogen-bond donors (Lipinski definition) is 1. The lowest BCUT2D eigenvalue weighted by Crippen LogP contribution is -2.12. The summed E-state index contributed by atoms with van der Waals surface area (Å²) in [6, 6.07) is 9.46. The second-order valence-electron chi connectivity index (χ2n) is 4.77. The fourth-order valence-corrected chi connectivity index (χ4v) is 3.07. The van der Waals surface area contributed by atoms with Crippen LogP contribution in [0.2, 0.25) is 0 Å². The lowest BCUT2D eigenvalue weighted by molar-refractivity contribution is 0.874. The van der Waals surface area contributed by atoms with Crippen molar-refractivity contribution in [3.8, 4) is 0 Å². The summed E-state index contributed by atoms with van der Waals surface area (Å²) in [7, 11) is 0. The maximum atomic E-state index is 11.5. The molecular formula is C15H14N4OS. The van der Waals surface area contributed by atoms with E-state index in [1.54, 1.807) is 6.20 Å². The van der Waals surface area contributed by atoms with Crippen molar-refractivity contribution in [2.75, 3.05) is 0 Å². The highest BCUT2D eigenvalue weighted by Gasteiger charge is 2.14. The number of benzene rings is 1. The van der Waals surface area contributed by atoms with Crippen LogP contribution in [0.4, 0.5) is 0 Å². The minimum absolute atomic E-state index is 0.0160. The van der Waals surface area contributed by atoms with Crippen molar-refractivity contribution in [3.05, 3.63) is 58.4 Å². The summed E-state index contributed by atoms with van der Waals surface area (Å²) < 4.78 is 0. The van der Waals surface area contributed by atoms with Crippen LogP contribution < -0.4 is 5.56 Å². The number of H-pyrrole nitrogens is 1. The van der Waals surface area contributed by atoms with Gasteiger partial charge in [0.05, 0.1) is 11.4 Å². The molecule has 0 fully saturated rings. The number of thioether (sulfide) groups is 1. The fraction of sp³-hybridized carbons (Fsp3) is 0.200. The molecule has 3 rings (SSSR count). The third-order valence-electron chi connectivity index (χ3n) is 3.10. The molecule has 0 radical (unpaired) electrons. The molecule has 0 amide bonds. The molecule has 1 N–H and O–H groups in total. The van der Waals surface area contributed by atoms with E-state index in [0.29, 0.717) is 11.5 Å². The van der Waals surface area contributed by atoms with Crippen LogP contribution in [-0.2, 0) is 0 Å². The first-order valence-electron chi connectivity index (χ1n) is 6.58. The molecule has 0 aliphatic rings. The lowest BCUT2D eigenvalue weighted by atomic mass is 10.2. The Bertz CT molecular complexity index is 841. The maximum Gasteiger partial charge on any atom is 0.251 e. The van der Waals surface area contributed by atoms with Crippen LogP contribution in [0.5, 0.6) is 0 Å². The predicted molar refractivity (Wildman–Crippen MR) is 83.4 cm³/mol. The van der Waals surface area contributed by atoms with Gasteiger partial charge in [0, 0.05) is 22.5 Å². The Morgan fingerprint density at radius 1 is 1.29 bits per heavy atom. The molecule has 3 aromatic rings. The summed E-state index contributed by atoms with van der Waals surface area (Å²) in [6.07, 6.45) is 1.75. The maximum absolute atomic E-state index is 11.5. The second kappa shape index (κ2) is 5.65. The molecule has 1 atom stereocenters. The van der Waals surface area contributed by atoms with Crippen LogP contribution >= 0.6 is 11.8 Å². The molecule has 0 saturated heterocycles. The molecule has 0 spiro atoms. The molecule has 2 heterocycles. The van der Waals surface area contributed by atoms with Crippen LogP contribution in [0.1, 0.15) is 23.7 Å². The van der Waals surface area contributed by atoms with Gasteiger partial charge in [0.2, 0.25) is 0 Å². The van der Waals surface area contributed by atoms with Crippen LogP contribution in [0, 0.1) is 6.92 Å². The van der Waals surface area contributed by atoms with Gasteiger partial charge in [-0.05, 0) is 13.8 Å². The fourth-order valence-electron chi connectivity index (χ4n) is 2.11. The van der Waals surface area contributed by atoms with E-state index < -0.39 is 0 Å². The summed E-state index contributed by atoms with van der Waals surface area (Å²) >= 11 is 1.54. The first kappa shape index (κ1) is 13.8. The number of nitrogens with one attached hydrogen (secondary N) is 1. The van der Waals surface area contributed by atoms with Gasteiger partial charge in [-0.3, -0.25) is 4.79 Å². The van der Waals surface area contributed by atoms with Crippen molar-refractivity contribution in [3.63, 3.8) is 0 Å². The SMILES string of the molecule is Cc1cc(=O)[nH]c(C(C)Sc2nncc3ccccc23)n1. The van der Waals surface area contributed by atoms with Gasteiger partial charge >= 0.3 is 0 Å². The molecule has 106 valence electrons. The van der Waals surface area contributed by atoms with Crippen LogP contribution in [0.25, 0.3) is 10.8 Å². The third-order valence-corrected chi connectivity index (χ3v) is 4.20. The highest BCUT2D eigenvalue weighted by molar-refractivity contribution is 7.99. The molecular weight excluding hydrogens is 284 g/mol. The zero-order valence-electron chi connectivity index (χ0n) is 11.7. The zero-order chi connectivity index (χ0) is 14.8. The van der Waals surface area contributed by atoms with E-state index in [1.165, 1.54) is 17.8 Å². The summed E-state index contributed by atoms with van der Waals surface area (Å²) in [5.41, 5.74) is 0.583. The Balaban J connectivity index is 1.96. The van der Waals surface area contributed by atoms with Crippen molar-refractivity contribution in [2.45, 2.75) is 24.1 Å². The highest BCUT2D eigenvalue weighted by Crippen LogP contribution is 2.34. The molecule has 1 unspecified atom stereocenters. The topological polar surface area (TPSA) is 71.5 Å². The molecule has 0 aliphatic carbocycles. The van der Waals surface area contributed by atoms with Crippen molar-refractivity contribution in [1.29, 1.82) is 0 Å². The van der Waals surface area contributed by atoms with Crippen LogP contribution in [-0.4, -0.2) is 20.2 Å². The lowest BCUT2D eigenvalue weighted by Gasteiger charge is -2.11. The molecule has 0 aliphatic heterocycles. The first-order valence-corrected chi connectivity index (χ1v) is 7.46. The van der Waals surface area contributed by atoms with Crippen molar-refractivity contribution in [1.82, 2.24) is 20.2 Å². The number of aromatic nitrogens is 4. The molecule has 1 aromatic carbocycles. The average Bonchev–Trinajstić information content (AvgIpc) is 2.46. The molecule has 2 aromatic heterocycles. The minimum atomic E-state index is -0.131. The van der Waals surface area contributed by atoms with E-state index in [1.807, 2.05) is 38.1 Å². The monoisotopic (exact) mass is 298 g/mol. The zero-order valence-corrected chi connectivity index (χ0v) is 12.5. The normalized spacial score (nSPS) is 12.5. The van der Waals surface area contributed by atoms with Gasteiger partial charge in [0.25, 0.3) is 5.56 Å². The Kier molecular flexibility index (Phi) is 3.70. The van der Waals surface area contributed by atoms with Gasteiger partial charge in [0.15, 0.2) is 0 Å². The van der Waals surface area contributed by atoms with Gasteiger partial charge in [-0.25, -0.2) is 4.98 Å². The largest absolute Gasteiger partial charge is 0.310 e. The van der Waals surface area contributed by atoms with E-state index in [2.05, 4.69) is 20.2 Å². The van der Waals surface area contributed by atoms with Gasteiger partial charge in [0.1, 0.15) is 10.9 Å². The molecule has 0 bridgehead atoms. The molecule has 5 nitrogen and oxygen atoms in total. The minimum Gasteiger partial charge on any atom is -0.310 e. The standard InChI is InChI=1S/C15H14N4OS/c1-9-7-13(20)18-14(17-9)10(2)21-15-12-6-4-3-5-11(12)8-16-19-15/h3-8,10H,1-2H3,(H,17,18,20). The number of hydrogen-bond acceptors (Lipinski definition) is 5. The Morgan fingerprint density at radius 3 is 2.90 bits per heavy atom. The smallest absolute Gasteiger partial charge is 0.251 e. The van der Waals surface area contributed by atoms with E-state index in [4.69, 9.17) is 0 Å². The summed E-state index contributed by atoms with van der Waals surface area (Å²) in [4.78, 5) is 18.7. The second-order valence-corrected chi connectivity index (χ2v) is 6.10. The van der Waals surface area contributed by atoms with E-state index in [9.17, 15) is 4.79 Å². The molecule has 21 heavy (non-hydrogen) atoms.